The summed E-state index contributed by atoms with van der Waals surface area (Å²) in [5, 5.41) is 8.65. The minimum absolute atomic E-state index is 0.0470. The normalized spacial score (nSPS) is 9.33. The van der Waals surface area contributed by atoms with Gasteiger partial charge in [0.05, 0.1) is 6.54 Å². The Balaban J connectivity index is 2.92. The van der Waals surface area contributed by atoms with Gasteiger partial charge in [-0.15, -0.1) is 0 Å². The molecule has 0 radical (unpaired) electrons. The van der Waals surface area contributed by atoms with Gasteiger partial charge in [-0.2, -0.15) is 5.26 Å². The van der Waals surface area contributed by atoms with Crippen LogP contribution in [0, 0.1) is 11.3 Å². The SMILES string of the molecule is CCN(CC(N)=O)c1nccc(C#N)n1. The molecule has 0 saturated carbocycles. The number of hydrogen-bond acceptors (Lipinski definition) is 5. The van der Waals surface area contributed by atoms with Crippen molar-refractivity contribution in [1.82, 2.24) is 9.97 Å². The molecule has 0 aliphatic heterocycles. The average Bonchev–Trinajstić information content (AvgIpc) is 2.25. The van der Waals surface area contributed by atoms with E-state index < -0.39 is 5.91 Å². The summed E-state index contributed by atoms with van der Waals surface area (Å²) < 4.78 is 0. The van der Waals surface area contributed by atoms with Crippen LogP contribution < -0.4 is 10.6 Å². The van der Waals surface area contributed by atoms with Gasteiger partial charge in [0.15, 0.2) is 0 Å². The van der Waals surface area contributed by atoms with Crippen molar-refractivity contribution in [3.8, 4) is 6.07 Å². The number of hydrogen-bond donors (Lipinski definition) is 1. The molecular formula is C9H11N5O. The zero-order valence-corrected chi connectivity index (χ0v) is 8.34. The zero-order chi connectivity index (χ0) is 11.3. The number of aromatic nitrogens is 2. The van der Waals surface area contributed by atoms with E-state index in [4.69, 9.17) is 11.0 Å². The fourth-order valence-corrected chi connectivity index (χ4v) is 1.08. The number of nitriles is 1. The van der Waals surface area contributed by atoms with Crippen LogP contribution in [-0.4, -0.2) is 29.0 Å². The van der Waals surface area contributed by atoms with E-state index in [0.29, 0.717) is 12.5 Å². The van der Waals surface area contributed by atoms with Crippen LogP contribution in [0.15, 0.2) is 12.3 Å². The molecule has 1 amide bonds. The lowest BCUT2D eigenvalue weighted by molar-refractivity contribution is -0.116. The van der Waals surface area contributed by atoms with Gasteiger partial charge >= 0.3 is 0 Å². The van der Waals surface area contributed by atoms with Gasteiger partial charge in [-0.3, -0.25) is 4.79 Å². The summed E-state index contributed by atoms with van der Waals surface area (Å²) in [5.74, 6) is -0.113. The number of amides is 1. The van der Waals surface area contributed by atoms with Crippen LogP contribution in [0.2, 0.25) is 0 Å². The molecule has 0 aliphatic carbocycles. The van der Waals surface area contributed by atoms with Gasteiger partial charge in [0.25, 0.3) is 0 Å². The average molecular weight is 205 g/mol. The molecule has 0 unspecified atom stereocenters. The van der Waals surface area contributed by atoms with E-state index in [1.165, 1.54) is 12.3 Å². The molecule has 78 valence electrons. The molecule has 0 fully saturated rings. The van der Waals surface area contributed by atoms with Crippen molar-refractivity contribution in [2.24, 2.45) is 5.73 Å². The molecule has 2 N–H and O–H groups in total. The Morgan fingerprint density at radius 3 is 3.00 bits per heavy atom. The maximum Gasteiger partial charge on any atom is 0.237 e. The predicted octanol–water partition coefficient (Wildman–Crippen LogP) is -0.340. The molecule has 0 spiro atoms. The van der Waals surface area contributed by atoms with Crippen molar-refractivity contribution >= 4 is 11.9 Å². The summed E-state index contributed by atoms with van der Waals surface area (Å²) in [4.78, 5) is 20.3. The number of nitrogens with zero attached hydrogens (tertiary/aromatic N) is 4. The van der Waals surface area contributed by atoms with Crippen LogP contribution >= 0.6 is 0 Å². The van der Waals surface area contributed by atoms with Crippen molar-refractivity contribution < 1.29 is 4.79 Å². The molecule has 6 heteroatoms. The van der Waals surface area contributed by atoms with Crippen LogP contribution in [0.1, 0.15) is 12.6 Å². The Morgan fingerprint density at radius 2 is 2.47 bits per heavy atom. The molecule has 1 aromatic rings. The van der Waals surface area contributed by atoms with Crippen molar-refractivity contribution in [2.75, 3.05) is 18.0 Å². The maximum atomic E-state index is 10.8. The summed E-state index contributed by atoms with van der Waals surface area (Å²) in [6, 6.07) is 3.41. The van der Waals surface area contributed by atoms with E-state index in [2.05, 4.69) is 9.97 Å². The second-order valence-corrected chi connectivity index (χ2v) is 2.83. The third-order valence-electron chi connectivity index (χ3n) is 1.77. The third kappa shape index (κ3) is 2.91. The van der Waals surface area contributed by atoms with E-state index >= 15 is 0 Å². The number of carbonyl (C=O) groups is 1. The van der Waals surface area contributed by atoms with Crippen molar-refractivity contribution in [1.29, 1.82) is 5.26 Å². The van der Waals surface area contributed by atoms with Crippen LogP contribution in [0.3, 0.4) is 0 Å². The summed E-state index contributed by atoms with van der Waals surface area (Å²) in [6.45, 7) is 2.45. The number of nitrogens with two attached hydrogens (primary N) is 1. The molecule has 1 rings (SSSR count). The second-order valence-electron chi connectivity index (χ2n) is 2.83. The number of anilines is 1. The molecule has 0 aliphatic rings. The fraction of sp³-hybridized carbons (Fsp3) is 0.333. The lowest BCUT2D eigenvalue weighted by Gasteiger charge is -2.18. The standard InChI is InChI=1S/C9H11N5O/c1-2-14(6-8(11)15)9-12-4-3-7(5-10)13-9/h3-4H,2,6H2,1H3,(H2,11,15). The van der Waals surface area contributed by atoms with E-state index in [1.807, 2.05) is 13.0 Å². The van der Waals surface area contributed by atoms with Crippen LogP contribution in [0.25, 0.3) is 0 Å². The van der Waals surface area contributed by atoms with Crippen molar-refractivity contribution in [2.45, 2.75) is 6.92 Å². The topological polar surface area (TPSA) is 95.9 Å². The highest BCUT2D eigenvalue weighted by atomic mass is 16.1. The molecule has 0 bridgehead atoms. The Kier molecular flexibility index (Phi) is 3.57. The highest BCUT2D eigenvalue weighted by Gasteiger charge is 2.10. The van der Waals surface area contributed by atoms with E-state index in [1.54, 1.807) is 4.90 Å². The van der Waals surface area contributed by atoms with Crippen LogP contribution in [-0.2, 0) is 4.79 Å². The Labute approximate surface area is 87.3 Å². The lowest BCUT2D eigenvalue weighted by atomic mass is 10.4. The van der Waals surface area contributed by atoms with Crippen LogP contribution in [0.5, 0.6) is 0 Å². The molecule has 15 heavy (non-hydrogen) atoms. The van der Waals surface area contributed by atoms with Crippen molar-refractivity contribution in [3.63, 3.8) is 0 Å². The molecular weight excluding hydrogens is 194 g/mol. The Bertz CT molecular complexity index is 398. The first kappa shape index (κ1) is 10.9. The quantitative estimate of drug-likeness (QED) is 0.725. The first-order valence-electron chi connectivity index (χ1n) is 4.43. The second kappa shape index (κ2) is 4.91. The first-order chi connectivity index (χ1) is 7.17. The summed E-state index contributed by atoms with van der Waals surface area (Å²) >= 11 is 0. The van der Waals surface area contributed by atoms with Gasteiger partial charge in [0, 0.05) is 12.7 Å². The van der Waals surface area contributed by atoms with E-state index in [9.17, 15) is 4.79 Å². The van der Waals surface area contributed by atoms with Gasteiger partial charge in [0.2, 0.25) is 11.9 Å². The van der Waals surface area contributed by atoms with E-state index in [-0.39, 0.29) is 12.2 Å². The summed E-state index contributed by atoms with van der Waals surface area (Å²) in [6.07, 6.45) is 1.48. The van der Waals surface area contributed by atoms with Gasteiger partial charge in [-0.25, -0.2) is 9.97 Å². The van der Waals surface area contributed by atoms with Gasteiger partial charge in [0.1, 0.15) is 11.8 Å². The smallest absolute Gasteiger partial charge is 0.237 e. The minimum atomic E-state index is -0.456. The molecule has 1 aromatic heterocycles. The largest absolute Gasteiger partial charge is 0.368 e. The maximum absolute atomic E-state index is 10.8. The summed E-state index contributed by atoms with van der Waals surface area (Å²) in [7, 11) is 0. The van der Waals surface area contributed by atoms with Gasteiger partial charge in [-0.05, 0) is 13.0 Å². The third-order valence-corrected chi connectivity index (χ3v) is 1.77. The fourth-order valence-electron chi connectivity index (χ4n) is 1.08. The molecule has 0 aromatic carbocycles. The Morgan fingerprint density at radius 1 is 1.73 bits per heavy atom. The van der Waals surface area contributed by atoms with Gasteiger partial charge in [-0.1, -0.05) is 0 Å². The summed E-state index contributed by atoms with van der Waals surface area (Å²) in [5.41, 5.74) is 5.34. The lowest BCUT2D eigenvalue weighted by Crippen LogP contribution is -2.34. The molecule has 6 nitrogen and oxygen atoms in total. The number of primary amides is 1. The first-order valence-corrected chi connectivity index (χ1v) is 4.43. The zero-order valence-electron chi connectivity index (χ0n) is 8.34. The minimum Gasteiger partial charge on any atom is -0.368 e. The number of carbonyl (C=O) groups excluding carboxylic acids is 1. The molecule has 0 atom stereocenters. The monoisotopic (exact) mass is 205 g/mol. The Hall–Kier alpha value is -2.16. The highest BCUT2D eigenvalue weighted by molar-refractivity contribution is 5.78. The number of likely N-dealkylation sites (N-methyl/N-ethyl adjacent to an activating group) is 1. The number of rotatable bonds is 4. The van der Waals surface area contributed by atoms with Gasteiger partial charge < -0.3 is 10.6 Å². The molecule has 0 saturated heterocycles. The highest BCUT2D eigenvalue weighted by Crippen LogP contribution is 2.05. The van der Waals surface area contributed by atoms with Crippen molar-refractivity contribution in [3.05, 3.63) is 18.0 Å². The van der Waals surface area contributed by atoms with E-state index in [0.717, 1.165) is 0 Å². The predicted molar refractivity (Wildman–Crippen MR) is 53.8 cm³/mol. The van der Waals surface area contributed by atoms with Crippen LogP contribution in [0.4, 0.5) is 5.95 Å². The molecule has 1 heterocycles.